The van der Waals surface area contributed by atoms with Crippen molar-refractivity contribution >= 4 is 43.5 Å². The molecule has 4 amide bonds. The number of benzene rings is 2. The summed E-state index contributed by atoms with van der Waals surface area (Å²) in [7, 11) is -5.43. The highest BCUT2D eigenvalue weighted by molar-refractivity contribution is 7.90. The fourth-order valence-electron chi connectivity index (χ4n) is 8.88. The third kappa shape index (κ3) is 9.35. The number of fused-ring (bicyclic) bond motifs is 4. The summed E-state index contributed by atoms with van der Waals surface area (Å²) in [6.45, 7) is 4.72. The lowest BCUT2D eigenvalue weighted by molar-refractivity contribution is -0.00686. The van der Waals surface area contributed by atoms with E-state index >= 15 is 0 Å². The number of nitrogens with zero attached hydrogens (tertiary/aromatic N) is 2. The molecule has 0 spiro atoms. The third-order valence-electron chi connectivity index (χ3n) is 11.5. The van der Waals surface area contributed by atoms with Crippen LogP contribution < -0.4 is 20.1 Å². The molecule has 2 aromatic carbocycles. The van der Waals surface area contributed by atoms with Crippen molar-refractivity contribution in [2.24, 2.45) is 0 Å². The van der Waals surface area contributed by atoms with E-state index in [9.17, 15) is 26.4 Å². The van der Waals surface area contributed by atoms with E-state index in [1.54, 1.807) is 0 Å². The van der Waals surface area contributed by atoms with Gasteiger partial charge in [0.15, 0.2) is 0 Å². The maximum atomic E-state index is 12.5. The second-order valence-electron chi connectivity index (χ2n) is 15.5. The average Bonchev–Trinajstić information content (AvgIpc) is 3.89. The number of urea groups is 2. The van der Waals surface area contributed by atoms with Gasteiger partial charge < -0.3 is 25.2 Å². The van der Waals surface area contributed by atoms with Crippen LogP contribution in [0.4, 0.5) is 21.0 Å². The minimum Gasteiger partial charge on any atom is -0.374 e. The highest BCUT2D eigenvalue weighted by atomic mass is 32.2. The van der Waals surface area contributed by atoms with Gasteiger partial charge in [-0.1, -0.05) is 12.1 Å². The molecule has 4 N–H and O–H groups in total. The Morgan fingerprint density at radius 2 is 1.17 bits per heavy atom. The van der Waals surface area contributed by atoms with E-state index in [0.717, 1.165) is 115 Å². The Kier molecular flexibility index (Phi) is 11.7. The van der Waals surface area contributed by atoms with Crippen molar-refractivity contribution < 1.29 is 36.9 Å². The van der Waals surface area contributed by atoms with Crippen molar-refractivity contribution in [3.8, 4) is 0 Å². The van der Waals surface area contributed by atoms with Crippen LogP contribution in [0.15, 0.2) is 12.1 Å². The summed E-state index contributed by atoms with van der Waals surface area (Å²) in [5.74, 6) is -0.225. The fourth-order valence-corrected chi connectivity index (χ4v) is 10.9. The predicted molar refractivity (Wildman–Crippen MR) is 214 cm³/mol. The molecule has 4 aliphatic carbocycles. The summed E-state index contributed by atoms with van der Waals surface area (Å²) in [4.78, 5) is 29.1. The number of carbonyl (C=O) groups is 2. The van der Waals surface area contributed by atoms with E-state index in [4.69, 9.17) is 4.74 Å². The van der Waals surface area contributed by atoms with Gasteiger partial charge in [-0.2, -0.15) is 0 Å². The first-order chi connectivity index (χ1) is 25.4. The molecule has 0 aromatic heterocycles. The van der Waals surface area contributed by atoms with E-state index < -0.39 is 38.2 Å². The molecule has 13 nitrogen and oxygen atoms in total. The maximum absolute atomic E-state index is 12.5. The molecular formula is C38H62N6O7S2. The summed E-state index contributed by atoms with van der Waals surface area (Å²) < 4.78 is 59.1. The van der Waals surface area contributed by atoms with Crippen LogP contribution in [0.2, 0.25) is 0 Å². The number of likely N-dealkylation sites (N-methyl/N-ethyl adjacent to an activating group) is 1. The molecule has 298 valence electrons. The van der Waals surface area contributed by atoms with Crippen molar-refractivity contribution in [1.29, 1.82) is 0 Å². The molecule has 2 heterocycles. The summed E-state index contributed by atoms with van der Waals surface area (Å²) in [5, 5.41) is 5.75. The van der Waals surface area contributed by atoms with Gasteiger partial charge in [0.1, 0.15) is 0 Å². The lowest BCUT2D eigenvalue weighted by Crippen LogP contribution is -2.46. The van der Waals surface area contributed by atoms with Crippen molar-refractivity contribution in [3.05, 3.63) is 56.6 Å². The molecular weight excluding hydrogens is 717 g/mol. The third-order valence-corrected chi connectivity index (χ3v) is 14.1. The Balaban J connectivity index is 0.000000285. The molecule has 1 atom stereocenters. The van der Waals surface area contributed by atoms with Crippen molar-refractivity contribution in [1.82, 2.24) is 19.2 Å². The number of ether oxygens (including phenoxy) is 1. The molecule has 0 bridgehead atoms. The van der Waals surface area contributed by atoms with E-state index in [1.165, 1.54) is 50.9 Å². The van der Waals surface area contributed by atoms with Crippen LogP contribution in [0, 0.1) is 0 Å². The largest absolute Gasteiger partial charge is 0.374 e. The number of likely N-dealkylation sites (tertiary alicyclic amines) is 1. The van der Waals surface area contributed by atoms with Gasteiger partial charge in [-0.15, -0.1) is 0 Å². The van der Waals surface area contributed by atoms with Gasteiger partial charge >= 0.3 is 12.1 Å². The Labute approximate surface area is 320 Å². The van der Waals surface area contributed by atoms with Crippen LogP contribution in [-0.2, 0) is 76.2 Å². The Hall–Kier alpha value is -3.24. The summed E-state index contributed by atoms with van der Waals surface area (Å²) in [6.07, 6.45) is 13.7. The molecule has 0 radical (unpaired) electrons. The lowest BCUT2D eigenvalue weighted by atomic mass is 9.99. The minimum atomic E-state index is -3.77. The molecule has 1 unspecified atom stereocenters. The van der Waals surface area contributed by atoms with Crippen molar-refractivity contribution in [3.63, 3.8) is 0 Å². The molecule has 53 heavy (non-hydrogen) atoms. The van der Waals surface area contributed by atoms with E-state index in [0.29, 0.717) is 19.6 Å². The number of anilines is 2. The number of hydrogen-bond donors (Lipinski definition) is 4. The number of hydrogen-bond acceptors (Lipinski definition) is 9. The van der Waals surface area contributed by atoms with Crippen LogP contribution in [0.3, 0.4) is 0 Å². The van der Waals surface area contributed by atoms with E-state index in [-0.39, 0.29) is 17.2 Å². The number of rotatable bonds is 10. The number of morpholine rings is 1. The SMILES string of the molecule is CN1CCOC(CS(=O)(=O)NC(=O)Nc2c3c(cc4c2CCC4)CCC3)C1.O=C(Nc1c2c(cc3c1CCC3)CCC2)NS(=O)(=O)CCCN1CCC1.[HH].[HH].[HH].[HH]. The topological polar surface area (TPSA) is 166 Å². The molecule has 2 fully saturated rings. The second-order valence-corrected chi connectivity index (χ2v) is 19.1. The summed E-state index contributed by atoms with van der Waals surface area (Å²) in [5.41, 5.74) is 11.7. The van der Waals surface area contributed by atoms with Gasteiger partial charge in [-0.05, 0) is 161 Å². The monoisotopic (exact) mass is 778 g/mol. The highest BCUT2D eigenvalue weighted by Crippen LogP contribution is 2.40. The smallest absolute Gasteiger partial charge is 0.332 e. The average molecular weight is 779 g/mol. The molecule has 8 rings (SSSR count). The first-order valence-electron chi connectivity index (χ1n) is 19.4. The quantitative estimate of drug-likeness (QED) is 0.269. The Morgan fingerprint density at radius 1 is 0.698 bits per heavy atom. The number of amides is 4. The van der Waals surface area contributed by atoms with Crippen LogP contribution in [0.5, 0.6) is 0 Å². The van der Waals surface area contributed by atoms with Gasteiger partial charge in [0.2, 0.25) is 20.0 Å². The van der Waals surface area contributed by atoms with Gasteiger partial charge in [0.05, 0.1) is 24.2 Å². The molecule has 2 aliphatic heterocycles. The summed E-state index contributed by atoms with van der Waals surface area (Å²) >= 11 is 0. The first-order valence-corrected chi connectivity index (χ1v) is 22.7. The minimum absolute atomic E-state index is 0. The Morgan fingerprint density at radius 3 is 1.60 bits per heavy atom. The van der Waals surface area contributed by atoms with Crippen LogP contribution >= 0.6 is 0 Å². The van der Waals surface area contributed by atoms with E-state index in [2.05, 4.69) is 37.1 Å². The Bertz CT molecular complexity index is 1900. The maximum Gasteiger partial charge on any atom is 0.332 e. The van der Waals surface area contributed by atoms with Crippen LogP contribution in [-0.4, -0.2) is 103 Å². The zero-order valence-electron chi connectivity index (χ0n) is 30.9. The van der Waals surface area contributed by atoms with E-state index in [1.807, 2.05) is 11.9 Å². The lowest BCUT2D eigenvalue weighted by Gasteiger charge is -2.30. The molecule has 0 saturated carbocycles. The molecule has 15 heteroatoms. The first kappa shape index (κ1) is 38.1. The number of aryl methyl sites for hydroxylation is 4. The van der Waals surface area contributed by atoms with Crippen LogP contribution in [0.25, 0.3) is 0 Å². The number of sulfonamides is 2. The van der Waals surface area contributed by atoms with Gasteiger partial charge in [-0.3, -0.25) is 0 Å². The predicted octanol–water partition coefficient (Wildman–Crippen LogP) is 4.64. The van der Waals surface area contributed by atoms with Crippen molar-refractivity contribution in [2.75, 3.05) is 68.5 Å². The van der Waals surface area contributed by atoms with Gasteiger partial charge in [0, 0.05) is 30.2 Å². The summed E-state index contributed by atoms with van der Waals surface area (Å²) in [6, 6.07) is 3.28. The second kappa shape index (κ2) is 16.2. The fraction of sp³-hybridized carbons (Fsp3) is 0.632. The van der Waals surface area contributed by atoms with Crippen LogP contribution in [0.1, 0.15) is 88.7 Å². The normalized spacial score (nSPS) is 20.7. The highest BCUT2D eigenvalue weighted by Gasteiger charge is 2.29. The standard InChI is InChI=1S/C19H27N3O4S.C19H27N3O3S.4H2/c1-22-8-9-26-15(11-22)12-27(24,25)21-19(23)20-18-16-6-2-4-13(16)10-14-5-3-7-17(14)18;23-19(21-26(24,25)12-4-11-22-9-3-10-22)20-18-16-7-1-5-14(16)13-15-6-2-8-17(15)18;;;;/h10,15H,2-9,11-12H2,1H3,(H2,20,21,23);13H,1-12H2,(H2,20,21,23);4*1H. The zero-order chi connectivity index (χ0) is 37.2. The molecule has 2 saturated heterocycles. The van der Waals surface area contributed by atoms with Gasteiger partial charge in [-0.25, -0.2) is 35.9 Å². The zero-order valence-corrected chi connectivity index (χ0v) is 32.5. The van der Waals surface area contributed by atoms with Gasteiger partial charge in [0.25, 0.3) is 0 Å². The number of nitrogens with one attached hydrogen (secondary N) is 4. The number of carbonyl (C=O) groups excluding carboxylic acids is 2. The molecule has 2 aromatic rings. The van der Waals surface area contributed by atoms with Crippen molar-refractivity contribution in [2.45, 2.75) is 96.0 Å². The molecule has 6 aliphatic rings.